The van der Waals surface area contributed by atoms with E-state index in [-0.39, 0.29) is 16.2 Å². The molecular weight excluding hydrogens is 527 g/mol. The van der Waals surface area contributed by atoms with Crippen LogP contribution in [0.5, 0.6) is 0 Å². The molecule has 0 aliphatic carbocycles. The first-order valence-electron chi connectivity index (χ1n) is 16.3. The van der Waals surface area contributed by atoms with Crippen LogP contribution >= 0.6 is 0 Å². The summed E-state index contributed by atoms with van der Waals surface area (Å²) in [4.78, 5) is 0. The van der Waals surface area contributed by atoms with Gasteiger partial charge in [-0.25, -0.2) is 0 Å². The molecule has 0 bridgehead atoms. The lowest BCUT2D eigenvalue weighted by Crippen LogP contribution is -2.75. The molecule has 0 radical (unpaired) electrons. The lowest BCUT2D eigenvalue weighted by Gasteiger charge is -2.49. The van der Waals surface area contributed by atoms with Crippen LogP contribution in [0.3, 0.4) is 0 Å². The summed E-state index contributed by atoms with van der Waals surface area (Å²) >= 11 is 0. The predicted molar refractivity (Wildman–Crippen MR) is 195 cm³/mol. The molecule has 0 N–H and O–H groups in total. The molecule has 5 rings (SSSR count). The summed E-state index contributed by atoms with van der Waals surface area (Å²) in [5.74, 6) is 0. The smallest absolute Gasteiger partial charge is 0.108 e. The van der Waals surface area contributed by atoms with Crippen LogP contribution in [0.1, 0.15) is 90.1 Å². The van der Waals surface area contributed by atoms with Gasteiger partial charge in [0.05, 0.1) is 0 Å². The van der Waals surface area contributed by atoms with Crippen molar-refractivity contribution >= 4 is 28.0 Å². The first-order chi connectivity index (χ1) is 20.8. The van der Waals surface area contributed by atoms with E-state index in [1.807, 2.05) is 0 Å². The highest BCUT2D eigenvalue weighted by Crippen LogP contribution is 2.43. The molecule has 0 fully saturated rings. The third kappa shape index (κ3) is 5.95. The Morgan fingerprint density at radius 1 is 0.432 bits per heavy atom. The Labute approximate surface area is 267 Å². The first kappa shape index (κ1) is 31.6. The maximum absolute atomic E-state index is 2.64. The fourth-order valence-electron chi connectivity index (χ4n) is 7.66. The van der Waals surface area contributed by atoms with Gasteiger partial charge in [-0.05, 0) is 44.9 Å². The predicted octanol–water partition coefficient (Wildman–Crippen LogP) is 8.55. The van der Waals surface area contributed by atoms with Crippen molar-refractivity contribution in [2.24, 2.45) is 0 Å². The molecule has 44 heavy (non-hydrogen) atoms. The Balaban J connectivity index is 2.12. The van der Waals surface area contributed by atoms with Crippen molar-refractivity contribution in [3.05, 3.63) is 155 Å². The maximum Gasteiger partial charge on any atom is 0.108 e. The van der Waals surface area contributed by atoms with Crippen molar-refractivity contribution in [2.75, 3.05) is 0 Å². The molecule has 0 aliphatic rings. The number of hydrogen-bond acceptors (Lipinski definition) is 0. The molecule has 0 heterocycles. The van der Waals surface area contributed by atoms with E-state index in [0.717, 1.165) is 6.42 Å². The zero-order valence-electron chi connectivity index (χ0n) is 28.4. The van der Waals surface area contributed by atoms with Gasteiger partial charge in [-0.1, -0.05) is 195 Å². The van der Waals surface area contributed by atoms with Crippen molar-refractivity contribution in [1.82, 2.24) is 0 Å². The lowest BCUT2D eigenvalue weighted by molar-refractivity contribution is 0.495. The molecule has 0 unspecified atom stereocenters. The van der Waals surface area contributed by atoms with Crippen LogP contribution in [0.2, 0.25) is 0 Å². The highest BCUT2D eigenvalue weighted by Gasteiger charge is 2.40. The van der Waals surface area contributed by atoms with Gasteiger partial charge in [0.2, 0.25) is 0 Å². The normalized spacial score (nSPS) is 12.8. The third-order valence-electron chi connectivity index (χ3n) is 9.37. The highest BCUT2D eigenvalue weighted by atomic mass is 14.4. The summed E-state index contributed by atoms with van der Waals surface area (Å²) < 4.78 is 0. The van der Waals surface area contributed by atoms with Gasteiger partial charge >= 0.3 is 0 Å². The van der Waals surface area contributed by atoms with Crippen molar-refractivity contribution in [3.8, 4) is 0 Å². The lowest BCUT2D eigenvalue weighted by atomic mass is 9.12. The van der Waals surface area contributed by atoms with Crippen molar-refractivity contribution in [1.29, 1.82) is 0 Å². The van der Waals surface area contributed by atoms with Gasteiger partial charge in [0.1, 0.15) is 6.15 Å². The number of hydrogen-bond donors (Lipinski definition) is 0. The molecule has 0 aliphatic heterocycles. The zero-order chi connectivity index (χ0) is 31.8. The summed E-state index contributed by atoms with van der Waals surface area (Å²) in [7, 11) is 0. The molecular formula is C43H50B-. The summed E-state index contributed by atoms with van der Waals surface area (Å²) in [5.41, 5.74) is 12.6. The quantitative estimate of drug-likeness (QED) is 0.178. The largest absolute Gasteiger partial charge is 0.195 e. The monoisotopic (exact) mass is 577 g/mol. The van der Waals surface area contributed by atoms with Crippen LogP contribution in [0.25, 0.3) is 0 Å². The van der Waals surface area contributed by atoms with Gasteiger partial charge in [0.25, 0.3) is 0 Å². The van der Waals surface area contributed by atoms with Crippen LogP contribution < -0.4 is 21.9 Å². The second-order valence-electron chi connectivity index (χ2n) is 15.8. The fourth-order valence-corrected chi connectivity index (χ4v) is 7.66. The van der Waals surface area contributed by atoms with Gasteiger partial charge in [-0.2, -0.15) is 21.9 Å². The van der Waals surface area contributed by atoms with E-state index >= 15 is 0 Å². The van der Waals surface area contributed by atoms with Crippen molar-refractivity contribution in [2.45, 2.75) is 85.0 Å². The van der Waals surface area contributed by atoms with Gasteiger partial charge < -0.3 is 0 Å². The van der Waals surface area contributed by atoms with Gasteiger partial charge in [0.15, 0.2) is 0 Å². The summed E-state index contributed by atoms with van der Waals surface area (Å²) in [5, 5.41) is 0. The van der Waals surface area contributed by atoms with Crippen LogP contribution in [0, 0.1) is 0 Å². The minimum absolute atomic E-state index is 0.0307. The Bertz CT molecular complexity index is 1580. The van der Waals surface area contributed by atoms with E-state index in [1.54, 1.807) is 0 Å². The Morgan fingerprint density at radius 2 is 0.795 bits per heavy atom. The fraction of sp³-hybridized carbons (Fsp3) is 0.302. The summed E-state index contributed by atoms with van der Waals surface area (Å²) in [6.45, 7) is 21.7. The number of benzene rings is 5. The Morgan fingerprint density at radius 3 is 1.14 bits per heavy atom. The zero-order valence-corrected chi connectivity index (χ0v) is 28.4. The van der Waals surface area contributed by atoms with Crippen LogP contribution in [0.15, 0.2) is 127 Å². The van der Waals surface area contributed by atoms with E-state index in [4.69, 9.17) is 0 Å². The van der Waals surface area contributed by atoms with Gasteiger partial charge in [-0.15, -0.1) is 0 Å². The SMILES string of the molecule is CC(C)(C)c1cc([B-](c2ccccc2)(c2ccccc2)c2ccccc2)c(Cc2ccccc2)c(C(C)(C)C)c1C(C)(C)C. The molecule has 0 amide bonds. The second-order valence-corrected chi connectivity index (χ2v) is 15.8. The molecule has 0 saturated carbocycles. The average molecular weight is 578 g/mol. The minimum atomic E-state index is -1.55. The van der Waals surface area contributed by atoms with Crippen LogP contribution in [0.4, 0.5) is 0 Å². The molecule has 1 heteroatoms. The van der Waals surface area contributed by atoms with Crippen LogP contribution in [-0.4, -0.2) is 6.15 Å². The summed E-state index contributed by atoms with van der Waals surface area (Å²) in [6, 6.07) is 47.6. The molecule has 0 atom stereocenters. The molecule has 0 saturated heterocycles. The molecule has 5 aromatic rings. The molecule has 0 aromatic heterocycles. The highest BCUT2D eigenvalue weighted by molar-refractivity contribution is 7.20. The van der Waals surface area contributed by atoms with Crippen molar-refractivity contribution < 1.29 is 0 Å². The van der Waals surface area contributed by atoms with E-state index in [1.165, 1.54) is 49.7 Å². The molecule has 0 spiro atoms. The second kappa shape index (κ2) is 11.9. The van der Waals surface area contributed by atoms with Crippen molar-refractivity contribution in [3.63, 3.8) is 0 Å². The maximum atomic E-state index is 2.64. The molecule has 5 aromatic carbocycles. The Kier molecular flexibility index (Phi) is 8.56. The van der Waals surface area contributed by atoms with E-state index < -0.39 is 6.15 Å². The average Bonchev–Trinajstić information content (AvgIpc) is 2.98. The minimum Gasteiger partial charge on any atom is -0.195 e. The van der Waals surface area contributed by atoms with Crippen LogP contribution in [-0.2, 0) is 22.7 Å². The van der Waals surface area contributed by atoms with E-state index in [9.17, 15) is 0 Å². The number of rotatable bonds is 6. The van der Waals surface area contributed by atoms with Gasteiger partial charge in [-0.3, -0.25) is 0 Å². The van der Waals surface area contributed by atoms with Gasteiger partial charge in [0, 0.05) is 0 Å². The van der Waals surface area contributed by atoms with E-state index in [0.29, 0.717) is 0 Å². The topological polar surface area (TPSA) is 0 Å². The van der Waals surface area contributed by atoms with E-state index in [2.05, 4.69) is 190 Å². The summed E-state index contributed by atoms with van der Waals surface area (Å²) in [6.07, 6.45) is -0.667. The molecule has 0 nitrogen and oxygen atoms in total. The molecule has 226 valence electrons. The first-order valence-corrected chi connectivity index (χ1v) is 16.3. The Hall–Kier alpha value is -3.84. The third-order valence-corrected chi connectivity index (χ3v) is 9.37. The standard InChI is InChI=1S/C43H50B/c1-41(2,3)37-31-38(36(30-32-22-14-10-15-23-32)39(42(4,5)6)40(37)43(7,8)9)44(33-24-16-11-17-25-33,34-26-18-12-19-27-34)35-28-20-13-21-29-35/h10-29,31H,30H2,1-9H3/q-1.